The lowest BCUT2D eigenvalue weighted by Crippen LogP contribution is -2.61. The quantitative estimate of drug-likeness (QED) is 0.733. The van der Waals surface area contributed by atoms with Crippen molar-refractivity contribution in [3.8, 4) is 0 Å². The van der Waals surface area contributed by atoms with Gasteiger partial charge in [-0.3, -0.25) is 4.79 Å². The first kappa shape index (κ1) is 21.5. The molecule has 1 N–H and O–H groups in total. The van der Waals surface area contributed by atoms with E-state index in [1.807, 2.05) is 13.8 Å². The summed E-state index contributed by atoms with van der Waals surface area (Å²) >= 11 is 0. The summed E-state index contributed by atoms with van der Waals surface area (Å²) in [5.74, 6) is -0.959. The molecule has 0 spiro atoms. The second-order valence-corrected chi connectivity index (χ2v) is 8.50. The van der Waals surface area contributed by atoms with Gasteiger partial charge in [0.15, 0.2) is 0 Å². The van der Waals surface area contributed by atoms with Crippen LogP contribution in [0.4, 0.5) is 28.9 Å². The lowest BCUT2D eigenvalue weighted by molar-refractivity contribution is -0.137. The van der Waals surface area contributed by atoms with Gasteiger partial charge in [0, 0.05) is 37.1 Å². The summed E-state index contributed by atoms with van der Waals surface area (Å²) in [5.41, 5.74) is 1.47. The van der Waals surface area contributed by atoms with Crippen molar-refractivity contribution in [1.82, 2.24) is 5.32 Å². The molecule has 31 heavy (non-hydrogen) atoms. The fourth-order valence-electron chi connectivity index (χ4n) is 4.58. The minimum Gasteiger partial charge on any atom is -0.368 e. The second kappa shape index (κ2) is 8.05. The molecule has 166 valence electrons. The summed E-state index contributed by atoms with van der Waals surface area (Å²) in [6.07, 6.45) is -4.18. The Morgan fingerprint density at radius 1 is 1.10 bits per heavy atom. The number of amides is 1. The highest BCUT2D eigenvalue weighted by Gasteiger charge is 2.42. The lowest BCUT2D eigenvalue weighted by Gasteiger charge is -2.49. The SMILES string of the molecule is CC(C)NC(=O)[C@@H]1Cc2cc(C(F)(F)F)ccc2N2CCN(c3ccc(F)cc3)C[C@@H]12. The van der Waals surface area contributed by atoms with E-state index in [-0.39, 0.29) is 30.2 Å². The molecule has 0 aliphatic carbocycles. The van der Waals surface area contributed by atoms with E-state index in [0.717, 1.165) is 17.4 Å². The van der Waals surface area contributed by atoms with Crippen LogP contribution < -0.4 is 15.1 Å². The third-order valence-electron chi connectivity index (χ3n) is 6.00. The zero-order chi connectivity index (χ0) is 22.3. The molecule has 4 nitrogen and oxygen atoms in total. The molecule has 8 heteroatoms. The number of carbonyl (C=O) groups excluding carboxylic acids is 1. The number of hydrogen-bond donors (Lipinski definition) is 1. The first-order valence-corrected chi connectivity index (χ1v) is 10.4. The Labute approximate surface area is 178 Å². The van der Waals surface area contributed by atoms with Gasteiger partial charge in [0.25, 0.3) is 0 Å². The van der Waals surface area contributed by atoms with Gasteiger partial charge in [-0.1, -0.05) is 0 Å². The van der Waals surface area contributed by atoms with Crippen molar-refractivity contribution >= 4 is 17.3 Å². The topological polar surface area (TPSA) is 35.6 Å². The number of benzene rings is 2. The number of nitrogens with one attached hydrogen (secondary N) is 1. The average Bonchev–Trinajstić information content (AvgIpc) is 2.71. The molecular weight excluding hydrogens is 410 g/mol. The van der Waals surface area contributed by atoms with Crippen LogP contribution in [0.15, 0.2) is 42.5 Å². The number of hydrogen-bond acceptors (Lipinski definition) is 3. The van der Waals surface area contributed by atoms with Crippen molar-refractivity contribution in [3.05, 3.63) is 59.4 Å². The van der Waals surface area contributed by atoms with Crippen LogP contribution in [0.25, 0.3) is 0 Å². The predicted octanol–water partition coefficient (Wildman–Crippen LogP) is 4.24. The van der Waals surface area contributed by atoms with E-state index >= 15 is 0 Å². The maximum absolute atomic E-state index is 13.3. The highest BCUT2D eigenvalue weighted by molar-refractivity contribution is 5.82. The summed E-state index contributed by atoms with van der Waals surface area (Å²) in [4.78, 5) is 17.2. The molecule has 2 aliphatic rings. The Hall–Kier alpha value is -2.77. The number of piperazine rings is 1. The summed E-state index contributed by atoms with van der Waals surface area (Å²) in [6, 6.07) is 9.77. The summed E-state index contributed by atoms with van der Waals surface area (Å²) < 4.78 is 53.1. The largest absolute Gasteiger partial charge is 0.416 e. The predicted molar refractivity (Wildman–Crippen MR) is 112 cm³/mol. The van der Waals surface area contributed by atoms with Gasteiger partial charge in [-0.25, -0.2) is 4.39 Å². The molecule has 2 aromatic rings. The number of nitrogens with zero attached hydrogens (tertiary/aromatic N) is 2. The van der Waals surface area contributed by atoms with Crippen LogP contribution in [-0.4, -0.2) is 37.6 Å². The number of fused-ring (bicyclic) bond motifs is 3. The van der Waals surface area contributed by atoms with Gasteiger partial charge < -0.3 is 15.1 Å². The Morgan fingerprint density at radius 2 is 1.81 bits per heavy atom. The van der Waals surface area contributed by atoms with Crippen molar-refractivity contribution in [2.75, 3.05) is 29.4 Å². The molecule has 1 saturated heterocycles. The molecule has 4 rings (SSSR count). The Balaban J connectivity index is 1.68. The smallest absolute Gasteiger partial charge is 0.368 e. The standard InChI is InChI=1S/C23H25F4N3O/c1-14(2)28-22(31)19-12-15-11-16(23(25,26)27)3-8-20(15)30-10-9-29(13-21(19)30)18-6-4-17(24)5-7-18/h3-8,11,14,19,21H,9-10,12-13H2,1-2H3,(H,28,31)/t19-,21+/m1/s1. The molecule has 0 bridgehead atoms. The number of alkyl halides is 3. The van der Waals surface area contributed by atoms with E-state index in [0.29, 0.717) is 25.2 Å². The second-order valence-electron chi connectivity index (χ2n) is 8.50. The van der Waals surface area contributed by atoms with E-state index in [1.165, 1.54) is 24.3 Å². The minimum absolute atomic E-state index is 0.0688. The lowest BCUT2D eigenvalue weighted by atomic mass is 9.82. The Kier molecular flexibility index (Phi) is 5.58. The van der Waals surface area contributed by atoms with Crippen LogP contribution in [0.5, 0.6) is 0 Å². The highest BCUT2D eigenvalue weighted by atomic mass is 19.4. The molecule has 0 radical (unpaired) electrons. The van der Waals surface area contributed by atoms with Crippen molar-refractivity contribution in [3.63, 3.8) is 0 Å². The fraction of sp³-hybridized carbons (Fsp3) is 0.435. The zero-order valence-corrected chi connectivity index (χ0v) is 17.4. The molecule has 0 unspecified atom stereocenters. The van der Waals surface area contributed by atoms with Gasteiger partial charge in [-0.2, -0.15) is 13.2 Å². The first-order valence-electron chi connectivity index (χ1n) is 10.4. The number of halogens is 4. The molecular formula is C23H25F4N3O. The average molecular weight is 435 g/mol. The molecule has 0 aromatic heterocycles. The minimum atomic E-state index is -4.43. The number of carbonyl (C=O) groups is 1. The Morgan fingerprint density at radius 3 is 2.45 bits per heavy atom. The molecule has 2 aliphatic heterocycles. The maximum Gasteiger partial charge on any atom is 0.416 e. The summed E-state index contributed by atoms with van der Waals surface area (Å²) in [7, 11) is 0. The van der Waals surface area contributed by atoms with Crippen molar-refractivity contribution < 1.29 is 22.4 Å². The van der Waals surface area contributed by atoms with Crippen LogP contribution in [-0.2, 0) is 17.4 Å². The van der Waals surface area contributed by atoms with Crippen molar-refractivity contribution in [1.29, 1.82) is 0 Å². The van der Waals surface area contributed by atoms with Crippen LogP contribution in [0.1, 0.15) is 25.0 Å². The number of anilines is 2. The van der Waals surface area contributed by atoms with E-state index in [1.54, 1.807) is 12.1 Å². The van der Waals surface area contributed by atoms with Crippen LogP contribution in [0, 0.1) is 11.7 Å². The molecule has 2 aromatic carbocycles. The third kappa shape index (κ3) is 4.34. The van der Waals surface area contributed by atoms with Gasteiger partial charge in [-0.05, 0) is 68.3 Å². The fourth-order valence-corrected chi connectivity index (χ4v) is 4.58. The monoisotopic (exact) mass is 435 g/mol. The number of rotatable bonds is 3. The van der Waals surface area contributed by atoms with Crippen LogP contribution >= 0.6 is 0 Å². The van der Waals surface area contributed by atoms with Crippen molar-refractivity contribution in [2.24, 2.45) is 5.92 Å². The van der Waals surface area contributed by atoms with E-state index in [2.05, 4.69) is 15.1 Å². The molecule has 2 heterocycles. The van der Waals surface area contributed by atoms with Gasteiger partial charge in [0.2, 0.25) is 5.91 Å². The van der Waals surface area contributed by atoms with E-state index < -0.39 is 17.7 Å². The van der Waals surface area contributed by atoms with Crippen LogP contribution in [0.3, 0.4) is 0 Å². The molecule has 2 atom stereocenters. The third-order valence-corrected chi connectivity index (χ3v) is 6.00. The van der Waals surface area contributed by atoms with Gasteiger partial charge >= 0.3 is 6.18 Å². The normalized spacial score (nSPS) is 21.0. The molecule has 1 fully saturated rings. The van der Waals surface area contributed by atoms with E-state index in [9.17, 15) is 22.4 Å². The zero-order valence-electron chi connectivity index (χ0n) is 17.4. The summed E-state index contributed by atoms with van der Waals surface area (Å²) in [5, 5.41) is 2.93. The molecule has 0 saturated carbocycles. The highest BCUT2D eigenvalue weighted by Crippen LogP contribution is 2.40. The van der Waals surface area contributed by atoms with Gasteiger partial charge in [-0.15, -0.1) is 0 Å². The maximum atomic E-state index is 13.3. The summed E-state index contributed by atoms with van der Waals surface area (Å²) in [6.45, 7) is 5.44. The first-order chi connectivity index (χ1) is 14.6. The van der Waals surface area contributed by atoms with Gasteiger partial charge in [0.1, 0.15) is 5.82 Å². The van der Waals surface area contributed by atoms with Crippen LogP contribution in [0.2, 0.25) is 0 Å². The van der Waals surface area contributed by atoms with Crippen molar-refractivity contribution in [2.45, 2.75) is 38.5 Å². The van der Waals surface area contributed by atoms with Gasteiger partial charge in [0.05, 0.1) is 17.5 Å². The Bertz CT molecular complexity index is 958. The van der Waals surface area contributed by atoms with E-state index in [4.69, 9.17) is 0 Å². The molecule has 1 amide bonds.